The van der Waals surface area contributed by atoms with E-state index in [9.17, 15) is 15.0 Å². The van der Waals surface area contributed by atoms with Crippen molar-refractivity contribution in [2.75, 3.05) is 0 Å². The quantitative estimate of drug-likeness (QED) is 0.428. The molecule has 0 aliphatic heterocycles. The van der Waals surface area contributed by atoms with Crippen molar-refractivity contribution in [1.29, 1.82) is 0 Å². The van der Waals surface area contributed by atoms with E-state index < -0.39 is 6.16 Å². The first kappa shape index (κ1) is 16.3. The average molecular weight is 255 g/mol. The molecule has 0 bridgehead atoms. The number of carbonyl (C=O) groups is 1. The van der Waals surface area contributed by atoms with Crippen LogP contribution in [-0.4, -0.2) is 29.2 Å². The molecule has 0 spiro atoms. The first-order valence-electron chi connectivity index (χ1n) is 4.84. The summed E-state index contributed by atoms with van der Waals surface area (Å²) in [5, 5.41) is 20.1. The third kappa shape index (κ3) is 7.53. The molecule has 0 saturated heterocycles. The minimum absolute atomic E-state index is 0. The topological polar surface area (TPSA) is 72.4 Å². The van der Waals surface area contributed by atoms with Gasteiger partial charge in [0.2, 0.25) is 0 Å². The molecule has 0 fully saturated rings. The van der Waals surface area contributed by atoms with Crippen LogP contribution in [0.3, 0.4) is 0 Å². The molecule has 88 valence electrons. The van der Waals surface area contributed by atoms with Gasteiger partial charge < -0.3 is 19.7 Å². The van der Waals surface area contributed by atoms with Crippen LogP contribution in [-0.2, 0) is 0 Å². The summed E-state index contributed by atoms with van der Waals surface area (Å²) in [6, 6.07) is 16.5. The van der Waals surface area contributed by atoms with Crippen LogP contribution in [0.2, 0.25) is 0 Å². The number of carboxylic acid groups (broad SMARTS) is 1. The Morgan fingerprint density at radius 1 is 0.889 bits per heavy atom. The van der Waals surface area contributed by atoms with Gasteiger partial charge >= 0.3 is 23.1 Å². The van der Waals surface area contributed by atoms with Crippen LogP contribution >= 0.6 is 0 Å². The van der Waals surface area contributed by atoms with Gasteiger partial charge in [-0.05, 0) is 12.1 Å². The Bertz CT molecular complexity index is 445. The van der Waals surface area contributed by atoms with Crippen molar-refractivity contribution >= 4 is 29.2 Å². The Balaban J connectivity index is 0.000000321. The third-order valence-corrected chi connectivity index (χ3v) is 1.69. The van der Waals surface area contributed by atoms with Gasteiger partial charge in [-0.1, -0.05) is 48.5 Å². The largest absolute Gasteiger partial charge is 2.00 e. The standard InChI is InChI=1S/C7H6O3.C6H6O.Mg/c8-7(9)10-6-4-2-1-3-5-6;7-6-4-2-1-3-5-6;/h1-5H,(H,8,9);1-5,7H;/q;;+2/p-2. The summed E-state index contributed by atoms with van der Waals surface area (Å²) in [5.41, 5.74) is 0. The summed E-state index contributed by atoms with van der Waals surface area (Å²) >= 11 is 0. The Morgan fingerprint density at radius 2 is 1.33 bits per heavy atom. The predicted octanol–water partition coefficient (Wildman–Crippen LogP) is 0.788. The molecule has 0 atom stereocenters. The van der Waals surface area contributed by atoms with Crippen LogP contribution in [0.4, 0.5) is 4.79 Å². The second-order valence-corrected chi connectivity index (χ2v) is 2.98. The molecular weight excluding hydrogens is 244 g/mol. The molecule has 18 heavy (non-hydrogen) atoms. The molecule has 0 saturated carbocycles. The maximum Gasteiger partial charge on any atom is 2.00 e. The Hall–Kier alpha value is -1.72. The van der Waals surface area contributed by atoms with Crippen molar-refractivity contribution in [2.24, 2.45) is 0 Å². The average Bonchev–Trinajstić information content (AvgIpc) is 2.31. The Kier molecular flexibility index (Phi) is 8.43. The molecule has 2 rings (SSSR count). The van der Waals surface area contributed by atoms with Crippen LogP contribution in [0.15, 0.2) is 60.7 Å². The third-order valence-electron chi connectivity index (χ3n) is 1.69. The van der Waals surface area contributed by atoms with Crippen LogP contribution in [0.25, 0.3) is 0 Å². The van der Waals surface area contributed by atoms with E-state index in [0.29, 0.717) is 0 Å². The van der Waals surface area contributed by atoms with E-state index in [-0.39, 0.29) is 34.6 Å². The summed E-state index contributed by atoms with van der Waals surface area (Å²) in [6.07, 6.45) is -1.54. The molecule has 0 N–H and O–H groups in total. The number of para-hydroxylation sites is 2. The summed E-state index contributed by atoms with van der Waals surface area (Å²) in [4.78, 5) is 9.84. The summed E-state index contributed by atoms with van der Waals surface area (Å²) < 4.78 is 4.22. The molecule has 0 unspecified atom stereocenters. The van der Waals surface area contributed by atoms with E-state index >= 15 is 0 Å². The second-order valence-electron chi connectivity index (χ2n) is 2.98. The molecule has 0 aromatic heterocycles. The molecule has 2 aromatic carbocycles. The molecule has 4 nitrogen and oxygen atoms in total. The van der Waals surface area contributed by atoms with Crippen LogP contribution in [0, 0.1) is 0 Å². The number of ether oxygens (including phenoxy) is 1. The summed E-state index contributed by atoms with van der Waals surface area (Å²) in [7, 11) is 0. The van der Waals surface area contributed by atoms with Gasteiger partial charge in [-0.15, -0.1) is 5.75 Å². The molecule has 0 heterocycles. The zero-order valence-corrected chi connectivity index (χ0v) is 11.0. The van der Waals surface area contributed by atoms with Crippen molar-refractivity contribution in [3.8, 4) is 11.5 Å². The van der Waals surface area contributed by atoms with Gasteiger partial charge in [-0.25, -0.2) is 0 Å². The van der Waals surface area contributed by atoms with E-state index in [2.05, 4.69) is 4.74 Å². The fourth-order valence-corrected chi connectivity index (χ4v) is 1.01. The summed E-state index contributed by atoms with van der Waals surface area (Å²) in [5.74, 6) is 0.352. The van der Waals surface area contributed by atoms with Crippen molar-refractivity contribution < 1.29 is 19.7 Å². The Labute approximate surface area is 121 Å². The molecule has 5 heteroatoms. The number of hydrogen-bond donors (Lipinski definition) is 0. The minimum atomic E-state index is -1.54. The molecule has 0 radical (unpaired) electrons. The van der Waals surface area contributed by atoms with Crippen molar-refractivity contribution in [2.45, 2.75) is 0 Å². The van der Waals surface area contributed by atoms with Crippen molar-refractivity contribution in [1.82, 2.24) is 0 Å². The second kappa shape index (κ2) is 9.32. The van der Waals surface area contributed by atoms with E-state index in [0.717, 1.165) is 0 Å². The first-order valence-corrected chi connectivity index (χ1v) is 4.84. The van der Waals surface area contributed by atoms with Crippen LogP contribution < -0.4 is 14.9 Å². The molecule has 0 amide bonds. The monoisotopic (exact) mass is 254 g/mol. The van der Waals surface area contributed by atoms with Gasteiger partial charge in [0.15, 0.2) is 0 Å². The van der Waals surface area contributed by atoms with Gasteiger partial charge in [0, 0.05) is 0 Å². The van der Waals surface area contributed by atoms with E-state index in [4.69, 9.17) is 0 Å². The minimum Gasteiger partial charge on any atom is -0.872 e. The van der Waals surface area contributed by atoms with E-state index in [1.165, 1.54) is 24.3 Å². The smallest absolute Gasteiger partial charge is 0.872 e. The maximum absolute atomic E-state index is 10.3. The van der Waals surface area contributed by atoms with Gasteiger partial charge in [0.05, 0.1) is 5.75 Å². The molecule has 0 aliphatic carbocycles. The van der Waals surface area contributed by atoms with E-state index in [1.807, 2.05) is 6.07 Å². The zero-order chi connectivity index (χ0) is 12.5. The number of hydrogen-bond acceptors (Lipinski definition) is 4. The van der Waals surface area contributed by atoms with Crippen LogP contribution in [0.1, 0.15) is 0 Å². The van der Waals surface area contributed by atoms with Gasteiger partial charge in [-0.3, -0.25) is 0 Å². The first-order chi connectivity index (χ1) is 8.18. The van der Waals surface area contributed by atoms with Gasteiger partial charge in [-0.2, -0.15) is 0 Å². The van der Waals surface area contributed by atoms with Gasteiger partial charge in [0.25, 0.3) is 6.16 Å². The molecular formula is C13H10MgO4. The normalized spacial score (nSPS) is 8.22. The number of benzene rings is 2. The Morgan fingerprint density at radius 3 is 1.67 bits per heavy atom. The summed E-state index contributed by atoms with van der Waals surface area (Å²) in [6.45, 7) is 0. The zero-order valence-electron chi connectivity index (χ0n) is 9.61. The predicted molar refractivity (Wildman–Crippen MR) is 64.1 cm³/mol. The fraction of sp³-hybridized carbons (Fsp3) is 0. The van der Waals surface area contributed by atoms with Crippen molar-refractivity contribution in [3.05, 3.63) is 60.7 Å². The SMILES string of the molecule is O=C([O-])Oc1ccccc1.[Mg+2].[O-]c1ccccc1. The fourth-order valence-electron chi connectivity index (χ4n) is 1.01. The molecule has 2 aromatic rings. The molecule has 0 aliphatic rings. The van der Waals surface area contributed by atoms with Gasteiger partial charge in [0.1, 0.15) is 0 Å². The van der Waals surface area contributed by atoms with E-state index in [1.54, 1.807) is 30.3 Å². The van der Waals surface area contributed by atoms with Crippen LogP contribution in [0.5, 0.6) is 11.5 Å². The maximum atomic E-state index is 10.3. The number of carbonyl (C=O) groups excluding carboxylic acids is 1. The number of rotatable bonds is 1. The van der Waals surface area contributed by atoms with Crippen molar-refractivity contribution in [3.63, 3.8) is 0 Å².